The van der Waals surface area contributed by atoms with E-state index in [0.717, 1.165) is 36.9 Å². The van der Waals surface area contributed by atoms with Crippen molar-refractivity contribution in [1.82, 2.24) is 9.97 Å². The number of nitrogens with one attached hydrogen (secondary N) is 1. The van der Waals surface area contributed by atoms with Gasteiger partial charge in [0.2, 0.25) is 0 Å². The second-order valence-electron chi connectivity index (χ2n) is 5.03. The molecule has 5 heteroatoms. The molecule has 1 aliphatic rings. The molecule has 0 saturated heterocycles. The van der Waals surface area contributed by atoms with Crippen molar-refractivity contribution in [2.24, 2.45) is 5.84 Å². The molecular weight excluding hydrogens is 255 g/mol. The number of hydrogen-bond acceptors (Lipinski definition) is 4. The van der Waals surface area contributed by atoms with Crippen LogP contribution in [0.15, 0.2) is 24.3 Å². The third-order valence-electron chi connectivity index (χ3n) is 3.67. The standard InChI is InChI=1S/C15H17FN4/c16-12-7-3-1-5-10(12)9-14-18-13-8-4-2-6-11(13)15(19-14)20-17/h1,3,5,7H,2,4,6,8-9,17H2,(H,18,19,20). The Bertz CT molecular complexity index is 610. The zero-order chi connectivity index (χ0) is 13.9. The van der Waals surface area contributed by atoms with Crippen LogP contribution in [0.3, 0.4) is 0 Å². The summed E-state index contributed by atoms with van der Waals surface area (Å²) >= 11 is 0. The molecule has 0 radical (unpaired) electrons. The van der Waals surface area contributed by atoms with Crippen molar-refractivity contribution in [2.75, 3.05) is 5.43 Å². The number of fused-ring (bicyclic) bond motifs is 1. The summed E-state index contributed by atoms with van der Waals surface area (Å²) in [7, 11) is 0. The minimum absolute atomic E-state index is 0.226. The highest BCUT2D eigenvalue weighted by molar-refractivity contribution is 5.47. The second-order valence-corrected chi connectivity index (χ2v) is 5.03. The van der Waals surface area contributed by atoms with Crippen molar-refractivity contribution in [3.8, 4) is 0 Å². The van der Waals surface area contributed by atoms with Gasteiger partial charge in [-0.05, 0) is 37.3 Å². The summed E-state index contributed by atoms with van der Waals surface area (Å²) in [6.45, 7) is 0. The number of aryl methyl sites for hydroxylation is 1. The van der Waals surface area contributed by atoms with Crippen LogP contribution in [0, 0.1) is 5.82 Å². The molecule has 1 aromatic carbocycles. The Morgan fingerprint density at radius 3 is 2.75 bits per heavy atom. The second kappa shape index (κ2) is 5.54. The van der Waals surface area contributed by atoms with Gasteiger partial charge < -0.3 is 5.43 Å². The smallest absolute Gasteiger partial charge is 0.147 e. The van der Waals surface area contributed by atoms with E-state index in [-0.39, 0.29) is 5.82 Å². The largest absolute Gasteiger partial charge is 0.308 e. The molecule has 0 amide bonds. The van der Waals surface area contributed by atoms with Crippen molar-refractivity contribution in [1.29, 1.82) is 0 Å². The maximum absolute atomic E-state index is 13.7. The number of anilines is 1. The fraction of sp³-hybridized carbons (Fsp3) is 0.333. The van der Waals surface area contributed by atoms with Gasteiger partial charge >= 0.3 is 0 Å². The average Bonchev–Trinajstić information content (AvgIpc) is 2.49. The molecular formula is C15H17FN4. The quantitative estimate of drug-likeness (QED) is 0.665. The third-order valence-corrected chi connectivity index (χ3v) is 3.67. The first-order chi connectivity index (χ1) is 9.78. The number of aromatic nitrogens is 2. The SMILES string of the molecule is NNc1nc(Cc2ccccc2F)nc2c1CCCC2. The van der Waals surface area contributed by atoms with Gasteiger partial charge in [0.15, 0.2) is 0 Å². The lowest BCUT2D eigenvalue weighted by Gasteiger charge is -2.18. The van der Waals surface area contributed by atoms with Gasteiger partial charge in [-0.3, -0.25) is 0 Å². The molecule has 0 saturated carbocycles. The van der Waals surface area contributed by atoms with Gasteiger partial charge in [0.25, 0.3) is 0 Å². The van der Waals surface area contributed by atoms with Crippen molar-refractivity contribution < 1.29 is 4.39 Å². The average molecular weight is 272 g/mol. The van der Waals surface area contributed by atoms with E-state index in [2.05, 4.69) is 15.4 Å². The maximum atomic E-state index is 13.7. The molecule has 3 rings (SSSR count). The number of nitrogen functional groups attached to an aromatic ring is 1. The van der Waals surface area contributed by atoms with Crippen LogP contribution < -0.4 is 11.3 Å². The Morgan fingerprint density at radius 2 is 1.95 bits per heavy atom. The van der Waals surface area contributed by atoms with E-state index in [1.165, 1.54) is 6.07 Å². The van der Waals surface area contributed by atoms with E-state index in [1.807, 2.05) is 6.07 Å². The molecule has 0 atom stereocenters. The molecule has 0 spiro atoms. The molecule has 20 heavy (non-hydrogen) atoms. The van der Waals surface area contributed by atoms with Crippen LogP contribution >= 0.6 is 0 Å². The Labute approximate surface area is 117 Å². The van der Waals surface area contributed by atoms with Gasteiger partial charge in [0.05, 0.1) is 0 Å². The highest BCUT2D eigenvalue weighted by Crippen LogP contribution is 2.25. The summed E-state index contributed by atoms with van der Waals surface area (Å²) in [6.07, 6.45) is 4.55. The van der Waals surface area contributed by atoms with E-state index >= 15 is 0 Å². The number of nitrogens with two attached hydrogens (primary N) is 1. The molecule has 4 nitrogen and oxygen atoms in total. The molecule has 3 N–H and O–H groups in total. The van der Waals surface area contributed by atoms with E-state index in [4.69, 9.17) is 5.84 Å². The van der Waals surface area contributed by atoms with Crippen LogP contribution in [0.25, 0.3) is 0 Å². The number of halogens is 1. The summed E-state index contributed by atoms with van der Waals surface area (Å²) in [5.41, 5.74) is 5.41. The summed E-state index contributed by atoms with van der Waals surface area (Å²) in [5.74, 6) is 6.62. The Hall–Kier alpha value is -2.01. The van der Waals surface area contributed by atoms with E-state index < -0.39 is 0 Å². The molecule has 0 fully saturated rings. The van der Waals surface area contributed by atoms with E-state index in [0.29, 0.717) is 23.6 Å². The van der Waals surface area contributed by atoms with E-state index in [9.17, 15) is 4.39 Å². The fourth-order valence-electron chi connectivity index (χ4n) is 2.66. The molecule has 104 valence electrons. The van der Waals surface area contributed by atoms with Crippen LogP contribution in [0.2, 0.25) is 0 Å². The number of hydrazine groups is 1. The van der Waals surface area contributed by atoms with Crippen LogP contribution in [-0.4, -0.2) is 9.97 Å². The Balaban J connectivity index is 1.96. The van der Waals surface area contributed by atoms with Gasteiger partial charge in [-0.25, -0.2) is 20.2 Å². The van der Waals surface area contributed by atoms with Crippen LogP contribution in [0.1, 0.15) is 35.5 Å². The lowest BCUT2D eigenvalue weighted by atomic mass is 9.96. The van der Waals surface area contributed by atoms with Gasteiger partial charge in [0.1, 0.15) is 17.5 Å². The zero-order valence-electron chi connectivity index (χ0n) is 11.2. The zero-order valence-corrected chi connectivity index (χ0v) is 11.2. The molecule has 2 aromatic rings. The monoisotopic (exact) mass is 272 g/mol. The van der Waals surface area contributed by atoms with Gasteiger partial charge in [-0.1, -0.05) is 18.2 Å². The predicted molar refractivity (Wildman–Crippen MR) is 75.7 cm³/mol. The molecule has 1 aromatic heterocycles. The van der Waals surface area contributed by atoms with Gasteiger partial charge in [-0.2, -0.15) is 0 Å². The first-order valence-electron chi connectivity index (χ1n) is 6.86. The highest BCUT2D eigenvalue weighted by atomic mass is 19.1. The first-order valence-corrected chi connectivity index (χ1v) is 6.86. The summed E-state index contributed by atoms with van der Waals surface area (Å²) in [5, 5.41) is 0. The number of hydrogen-bond donors (Lipinski definition) is 2. The lowest BCUT2D eigenvalue weighted by Crippen LogP contribution is -2.18. The summed E-state index contributed by atoms with van der Waals surface area (Å²) < 4.78 is 13.7. The number of benzene rings is 1. The first kappa shape index (κ1) is 13.0. The number of rotatable bonds is 3. The Morgan fingerprint density at radius 1 is 1.15 bits per heavy atom. The molecule has 1 aliphatic carbocycles. The molecule has 0 unspecified atom stereocenters. The minimum atomic E-state index is -0.226. The highest BCUT2D eigenvalue weighted by Gasteiger charge is 2.17. The summed E-state index contributed by atoms with van der Waals surface area (Å²) in [6, 6.07) is 6.71. The van der Waals surface area contributed by atoms with Crippen molar-refractivity contribution >= 4 is 5.82 Å². The lowest BCUT2D eigenvalue weighted by molar-refractivity contribution is 0.610. The van der Waals surface area contributed by atoms with Gasteiger partial charge in [-0.15, -0.1) is 0 Å². The predicted octanol–water partition coefficient (Wildman–Crippen LogP) is 2.37. The van der Waals surface area contributed by atoms with Crippen LogP contribution in [0.4, 0.5) is 10.2 Å². The maximum Gasteiger partial charge on any atom is 0.147 e. The number of nitrogens with zero attached hydrogens (tertiary/aromatic N) is 2. The summed E-state index contributed by atoms with van der Waals surface area (Å²) in [4.78, 5) is 9.01. The molecule has 0 bridgehead atoms. The fourth-order valence-corrected chi connectivity index (χ4v) is 2.66. The minimum Gasteiger partial charge on any atom is -0.308 e. The van der Waals surface area contributed by atoms with Crippen molar-refractivity contribution in [3.63, 3.8) is 0 Å². The molecule has 1 heterocycles. The van der Waals surface area contributed by atoms with Crippen molar-refractivity contribution in [2.45, 2.75) is 32.1 Å². The topological polar surface area (TPSA) is 63.8 Å². The van der Waals surface area contributed by atoms with E-state index in [1.54, 1.807) is 12.1 Å². The Kier molecular flexibility index (Phi) is 3.60. The van der Waals surface area contributed by atoms with Crippen LogP contribution in [0.5, 0.6) is 0 Å². The van der Waals surface area contributed by atoms with Gasteiger partial charge in [0, 0.05) is 17.7 Å². The van der Waals surface area contributed by atoms with Crippen molar-refractivity contribution in [3.05, 3.63) is 52.7 Å². The molecule has 0 aliphatic heterocycles. The normalized spacial score (nSPS) is 13.9. The van der Waals surface area contributed by atoms with Crippen LogP contribution in [-0.2, 0) is 19.3 Å². The third kappa shape index (κ3) is 2.49.